The lowest BCUT2D eigenvalue weighted by molar-refractivity contribution is 0.113. The van der Waals surface area contributed by atoms with Crippen LogP contribution in [0.1, 0.15) is 13.3 Å². The first-order chi connectivity index (χ1) is 5.60. The summed E-state index contributed by atoms with van der Waals surface area (Å²) >= 11 is 0. The minimum atomic E-state index is -2.44. The molecule has 74 valence electrons. The van der Waals surface area contributed by atoms with Crippen LogP contribution in [0.3, 0.4) is 0 Å². The van der Waals surface area contributed by atoms with Crippen LogP contribution in [0.25, 0.3) is 0 Å². The molecule has 0 aliphatic heterocycles. The van der Waals surface area contributed by atoms with E-state index in [0.29, 0.717) is 12.5 Å². The van der Waals surface area contributed by atoms with Crippen LogP contribution in [0.5, 0.6) is 0 Å². The lowest BCUT2D eigenvalue weighted by atomic mass is 10.3. The highest BCUT2D eigenvalue weighted by Gasteiger charge is 2.37. The van der Waals surface area contributed by atoms with Gasteiger partial charge < -0.3 is 18.4 Å². The van der Waals surface area contributed by atoms with Crippen molar-refractivity contribution in [3.8, 4) is 0 Å². The summed E-state index contributed by atoms with van der Waals surface area (Å²) in [6.07, 6.45) is 0.305. The monoisotopic (exact) mass is 194 g/mol. The van der Waals surface area contributed by atoms with E-state index in [1.807, 2.05) is 0 Å². The first-order valence-corrected chi connectivity index (χ1v) is 5.87. The molecule has 0 rings (SSSR count). The Bertz CT molecular complexity index is 106. The van der Waals surface area contributed by atoms with Crippen molar-refractivity contribution < 1.29 is 18.4 Å². The second kappa shape index (κ2) is 5.66. The van der Waals surface area contributed by atoms with Gasteiger partial charge in [0, 0.05) is 27.4 Å². The van der Waals surface area contributed by atoms with Gasteiger partial charge in [0.25, 0.3) is 0 Å². The number of aliphatic hydroxyl groups excluding tert-OH is 1. The lowest BCUT2D eigenvalue weighted by Crippen LogP contribution is -2.43. The third kappa shape index (κ3) is 3.64. The van der Waals surface area contributed by atoms with E-state index in [2.05, 4.69) is 0 Å². The first-order valence-electron chi connectivity index (χ1n) is 3.93. The van der Waals surface area contributed by atoms with Gasteiger partial charge >= 0.3 is 8.80 Å². The summed E-state index contributed by atoms with van der Waals surface area (Å²) in [4.78, 5) is 0. The van der Waals surface area contributed by atoms with Gasteiger partial charge in [0.2, 0.25) is 0 Å². The quantitative estimate of drug-likeness (QED) is 0.630. The number of aliphatic hydroxyl groups is 1. The molecule has 1 N–H and O–H groups in total. The zero-order valence-corrected chi connectivity index (χ0v) is 9.16. The van der Waals surface area contributed by atoms with Gasteiger partial charge in [0.1, 0.15) is 0 Å². The van der Waals surface area contributed by atoms with Crippen LogP contribution in [0, 0.1) is 0 Å². The van der Waals surface area contributed by atoms with Crippen molar-refractivity contribution in [3.05, 3.63) is 0 Å². The molecular formula is C7H18O4Si. The van der Waals surface area contributed by atoms with Gasteiger partial charge in [-0.25, -0.2) is 0 Å². The van der Waals surface area contributed by atoms with Crippen LogP contribution in [-0.4, -0.2) is 41.3 Å². The molecular weight excluding hydrogens is 176 g/mol. The lowest BCUT2D eigenvalue weighted by Gasteiger charge is -2.24. The van der Waals surface area contributed by atoms with E-state index in [9.17, 15) is 0 Å². The maximum atomic E-state index is 9.06. The molecule has 1 atom stereocenters. The van der Waals surface area contributed by atoms with Crippen molar-refractivity contribution in [3.63, 3.8) is 0 Å². The molecule has 0 spiro atoms. The van der Waals surface area contributed by atoms with E-state index in [1.165, 1.54) is 0 Å². The Morgan fingerprint density at radius 3 is 1.83 bits per heavy atom. The van der Waals surface area contributed by atoms with Gasteiger partial charge in [0.05, 0.1) is 6.10 Å². The largest absolute Gasteiger partial charge is 0.500 e. The number of hydrogen-bond donors (Lipinski definition) is 1. The van der Waals surface area contributed by atoms with Gasteiger partial charge in [-0.3, -0.25) is 0 Å². The minimum Gasteiger partial charge on any atom is -0.393 e. The Morgan fingerprint density at radius 2 is 1.58 bits per heavy atom. The fourth-order valence-corrected chi connectivity index (χ4v) is 2.83. The molecule has 0 aromatic heterocycles. The Balaban J connectivity index is 3.93. The third-order valence-electron chi connectivity index (χ3n) is 1.80. The summed E-state index contributed by atoms with van der Waals surface area (Å²) in [7, 11) is 2.27. The summed E-state index contributed by atoms with van der Waals surface area (Å²) in [5.74, 6) is 0. The maximum Gasteiger partial charge on any atom is 0.500 e. The molecule has 0 aromatic carbocycles. The highest BCUT2D eigenvalue weighted by Crippen LogP contribution is 2.15. The average Bonchev–Trinajstić information content (AvgIpc) is 2.08. The molecule has 0 fully saturated rings. The van der Waals surface area contributed by atoms with Crippen LogP contribution in [0.2, 0.25) is 6.04 Å². The number of rotatable bonds is 6. The molecule has 0 saturated carbocycles. The minimum absolute atomic E-state index is 0.336. The van der Waals surface area contributed by atoms with Gasteiger partial charge in [-0.15, -0.1) is 0 Å². The Labute approximate surface area is 74.8 Å². The second-order valence-corrected chi connectivity index (χ2v) is 5.77. The molecule has 1 unspecified atom stereocenters. The van der Waals surface area contributed by atoms with Gasteiger partial charge in [-0.05, 0) is 13.3 Å². The molecule has 0 aliphatic carbocycles. The van der Waals surface area contributed by atoms with E-state index < -0.39 is 8.80 Å². The summed E-state index contributed by atoms with van der Waals surface area (Å²) in [6, 6.07) is 0.647. The molecule has 0 heterocycles. The Kier molecular flexibility index (Phi) is 5.69. The highest BCUT2D eigenvalue weighted by molar-refractivity contribution is 6.60. The molecule has 0 aliphatic rings. The van der Waals surface area contributed by atoms with E-state index in [1.54, 1.807) is 28.3 Å². The van der Waals surface area contributed by atoms with Gasteiger partial charge in [-0.1, -0.05) is 0 Å². The third-order valence-corrected chi connectivity index (χ3v) is 4.57. The fraction of sp³-hybridized carbons (Fsp3) is 1.00. The molecule has 12 heavy (non-hydrogen) atoms. The van der Waals surface area contributed by atoms with Crippen molar-refractivity contribution in [1.29, 1.82) is 0 Å². The van der Waals surface area contributed by atoms with Crippen LogP contribution in [-0.2, 0) is 13.3 Å². The van der Waals surface area contributed by atoms with E-state index in [0.717, 1.165) is 0 Å². The van der Waals surface area contributed by atoms with Gasteiger partial charge in [0.15, 0.2) is 0 Å². The van der Waals surface area contributed by atoms with Crippen molar-refractivity contribution in [2.24, 2.45) is 0 Å². The maximum absolute atomic E-state index is 9.06. The summed E-state index contributed by atoms with van der Waals surface area (Å²) in [6.45, 7) is 1.74. The van der Waals surface area contributed by atoms with E-state index >= 15 is 0 Å². The SMILES string of the molecule is CO[Si](CCC(C)O)(OC)OC. The van der Waals surface area contributed by atoms with Crippen LogP contribution in [0.4, 0.5) is 0 Å². The zero-order valence-electron chi connectivity index (χ0n) is 8.16. The average molecular weight is 194 g/mol. The second-order valence-electron chi connectivity index (χ2n) is 2.68. The molecule has 0 saturated heterocycles. The predicted molar refractivity (Wildman–Crippen MR) is 47.9 cm³/mol. The summed E-state index contributed by atoms with van der Waals surface area (Å²) in [5.41, 5.74) is 0. The molecule has 0 bridgehead atoms. The molecule has 0 amide bonds. The normalized spacial score (nSPS) is 14.8. The van der Waals surface area contributed by atoms with E-state index in [-0.39, 0.29) is 6.10 Å². The van der Waals surface area contributed by atoms with Gasteiger partial charge in [-0.2, -0.15) is 0 Å². The highest BCUT2D eigenvalue weighted by atomic mass is 28.4. The topological polar surface area (TPSA) is 47.9 Å². The summed E-state index contributed by atoms with van der Waals surface area (Å²) < 4.78 is 15.5. The summed E-state index contributed by atoms with van der Waals surface area (Å²) in [5, 5.41) is 9.06. The first kappa shape index (κ1) is 12.1. The fourth-order valence-electron chi connectivity index (χ4n) is 0.942. The smallest absolute Gasteiger partial charge is 0.393 e. The van der Waals surface area contributed by atoms with Crippen LogP contribution >= 0.6 is 0 Å². The van der Waals surface area contributed by atoms with Crippen molar-refractivity contribution >= 4 is 8.80 Å². The van der Waals surface area contributed by atoms with Crippen molar-refractivity contribution in [1.82, 2.24) is 0 Å². The van der Waals surface area contributed by atoms with Crippen LogP contribution in [0.15, 0.2) is 0 Å². The van der Waals surface area contributed by atoms with Crippen molar-refractivity contribution in [2.45, 2.75) is 25.5 Å². The standard InChI is InChI=1S/C7H18O4Si/c1-7(8)5-6-12(9-2,10-3)11-4/h7-8H,5-6H2,1-4H3. The van der Waals surface area contributed by atoms with Crippen molar-refractivity contribution in [2.75, 3.05) is 21.3 Å². The predicted octanol–water partition coefficient (Wildman–Crippen LogP) is 0.635. The molecule has 0 aromatic rings. The Morgan fingerprint density at radius 1 is 1.17 bits per heavy atom. The number of hydrogen-bond acceptors (Lipinski definition) is 4. The molecule has 4 nitrogen and oxygen atoms in total. The molecule has 5 heteroatoms. The Hall–Kier alpha value is 0.0569. The zero-order chi connectivity index (χ0) is 9.61. The van der Waals surface area contributed by atoms with E-state index in [4.69, 9.17) is 18.4 Å². The molecule has 0 radical (unpaired) electrons. The van der Waals surface area contributed by atoms with Crippen LogP contribution < -0.4 is 0 Å².